The van der Waals surface area contributed by atoms with E-state index < -0.39 is 17.5 Å². The number of fused-ring (bicyclic) bond motifs is 1. The average molecular weight is 400 g/mol. The lowest BCUT2D eigenvalue weighted by Crippen LogP contribution is -2.16. The van der Waals surface area contributed by atoms with E-state index in [-0.39, 0.29) is 28.3 Å². The minimum absolute atomic E-state index is 0.0994. The number of hydrogen-bond donors (Lipinski definition) is 1. The van der Waals surface area contributed by atoms with Gasteiger partial charge in [-0.1, -0.05) is 0 Å². The highest BCUT2D eigenvalue weighted by Crippen LogP contribution is 2.40. The number of rotatable bonds is 3. The number of anilines is 1. The monoisotopic (exact) mass is 400 g/mol. The van der Waals surface area contributed by atoms with Crippen molar-refractivity contribution < 1.29 is 17.9 Å². The van der Waals surface area contributed by atoms with Gasteiger partial charge in [0.2, 0.25) is 0 Å². The standard InChI is InChI=1S/C20H15F3N4O2/c1-26-8-13(18-14(20(26)28)9-27(2)25-18)12-6-11(24)7-16(23)19(12)29-17-4-3-10(21)5-15(17)22/h3-9H,24H2,1-2H3. The third-order valence-corrected chi connectivity index (χ3v) is 4.42. The van der Waals surface area contributed by atoms with Crippen LogP contribution in [0.1, 0.15) is 0 Å². The molecule has 0 saturated heterocycles. The second-order valence-corrected chi connectivity index (χ2v) is 6.58. The molecule has 0 aliphatic carbocycles. The highest BCUT2D eigenvalue weighted by molar-refractivity contribution is 5.95. The first-order valence-corrected chi connectivity index (χ1v) is 8.50. The summed E-state index contributed by atoms with van der Waals surface area (Å²) in [4.78, 5) is 12.4. The second-order valence-electron chi connectivity index (χ2n) is 6.58. The van der Waals surface area contributed by atoms with Gasteiger partial charge in [0, 0.05) is 55.4 Å². The topological polar surface area (TPSA) is 75.1 Å². The lowest BCUT2D eigenvalue weighted by Gasteiger charge is -2.15. The predicted molar refractivity (Wildman–Crippen MR) is 102 cm³/mol. The molecule has 0 radical (unpaired) electrons. The maximum Gasteiger partial charge on any atom is 0.261 e. The molecule has 29 heavy (non-hydrogen) atoms. The van der Waals surface area contributed by atoms with Crippen molar-refractivity contribution in [2.24, 2.45) is 14.1 Å². The van der Waals surface area contributed by atoms with Crippen LogP contribution >= 0.6 is 0 Å². The Morgan fingerprint density at radius 2 is 1.76 bits per heavy atom. The van der Waals surface area contributed by atoms with Gasteiger partial charge in [0.1, 0.15) is 11.3 Å². The number of nitrogens with two attached hydrogens (primary N) is 1. The third-order valence-electron chi connectivity index (χ3n) is 4.42. The molecule has 0 unspecified atom stereocenters. The quantitative estimate of drug-likeness (QED) is 0.532. The van der Waals surface area contributed by atoms with E-state index in [1.165, 1.54) is 21.5 Å². The van der Waals surface area contributed by atoms with Crippen LogP contribution in [0.5, 0.6) is 11.5 Å². The summed E-state index contributed by atoms with van der Waals surface area (Å²) in [5, 5.41) is 4.60. The van der Waals surface area contributed by atoms with Gasteiger partial charge in [0.05, 0.1) is 5.39 Å². The molecular weight excluding hydrogens is 385 g/mol. The van der Waals surface area contributed by atoms with Gasteiger partial charge in [-0.2, -0.15) is 5.10 Å². The maximum atomic E-state index is 14.8. The summed E-state index contributed by atoms with van der Waals surface area (Å²) in [5.74, 6) is -3.31. The number of aryl methyl sites for hydroxylation is 2. The average Bonchev–Trinajstić information content (AvgIpc) is 3.04. The van der Waals surface area contributed by atoms with Crippen LogP contribution in [0.25, 0.3) is 22.0 Å². The Bertz CT molecular complexity index is 1330. The van der Waals surface area contributed by atoms with Crippen molar-refractivity contribution in [2.45, 2.75) is 0 Å². The zero-order valence-corrected chi connectivity index (χ0v) is 15.4. The molecule has 0 bridgehead atoms. The largest absolute Gasteiger partial charge is 0.451 e. The molecule has 2 aromatic carbocycles. The van der Waals surface area contributed by atoms with Crippen molar-refractivity contribution in [2.75, 3.05) is 5.73 Å². The van der Waals surface area contributed by atoms with Gasteiger partial charge in [-0.3, -0.25) is 9.48 Å². The normalized spacial score (nSPS) is 11.2. The predicted octanol–water partition coefficient (Wildman–Crippen LogP) is 3.73. The van der Waals surface area contributed by atoms with Crippen LogP contribution in [-0.4, -0.2) is 14.3 Å². The Kier molecular flexibility index (Phi) is 4.30. The van der Waals surface area contributed by atoms with Crippen molar-refractivity contribution in [1.29, 1.82) is 0 Å². The molecule has 148 valence electrons. The van der Waals surface area contributed by atoms with Crippen LogP contribution in [0.3, 0.4) is 0 Å². The molecule has 0 spiro atoms. The van der Waals surface area contributed by atoms with Crippen LogP contribution in [0.2, 0.25) is 0 Å². The lowest BCUT2D eigenvalue weighted by molar-refractivity contribution is 0.413. The van der Waals surface area contributed by atoms with Gasteiger partial charge in [-0.15, -0.1) is 0 Å². The molecule has 0 fully saturated rings. The number of halogens is 3. The molecule has 2 N–H and O–H groups in total. The molecular formula is C20H15F3N4O2. The van der Waals surface area contributed by atoms with Gasteiger partial charge in [0.25, 0.3) is 5.56 Å². The van der Waals surface area contributed by atoms with Gasteiger partial charge < -0.3 is 15.0 Å². The first-order chi connectivity index (χ1) is 13.7. The van der Waals surface area contributed by atoms with E-state index in [1.807, 2.05) is 0 Å². The fourth-order valence-electron chi connectivity index (χ4n) is 3.13. The lowest BCUT2D eigenvalue weighted by atomic mass is 10.0. The Morgan fingerprint density at radius 3 is 2.48 bits per heavy atom. The number of nitrogens with zero attached hydrogens (tertiary/aromatic N) is 3. The van der Waals surface area contributed by atoms with Gasteiger partial charge >= 0.3 is 0 Å². The van der Waals surface area contributed by atoms with Gasteiger partial charge in [-0.25, -0.2) is 13.2 Å². The van der Waals surface area contributed by atoms with E-state index in [0.29, 0.717) is 22.5 Å². The van der Waals surface area contributed by atoms with Crippen LogP contribution in [0.4, 0.5) is 18.9 Å². The first kappa shape index (κ1) is 18.6. The molecule has 0 amide bonds. The molecule has 6 nitrogen and oxygen atoms in total. The fourth-order valence-corrected chi connectivity index (χ4v) is 3.13. The highest BCUT2D eigenvalue weighted by Gasteiger charge is 2.21. The molecule has 0 saturated carbocycles. The highest BCUT2D eigenvalue weighted by atomic mass is 19.1. The molecule has 2 heterocycles. The van der Waals surface area contributed by atoms with Gasteiger partial charge in [-0.05, 0) is 18.2 Å². The number of hydrogen-bond acceptors (Lipinski definition) is 4. The Balaban J connectivity index is 1.99. The van der Waals surface area contributed by atoms with Crippen molar-refractivity contribution in [3.05, 3.63) is 70.5 Å². The zero-order valence-electron chi connectivity index (χ0n) is 15.4. The van der Waals surface area contributed by atoms with Crippen molar-refractivity contribution in [3.8, 4) is 22.6 Å². The number of benzene rings is 2. The van der Waals surface area contributed by atoms with Crippen LogP contribution in [-0.2, 0) is 14.1 Å². The first-order valence-electron chi connectivity index (χ1n) is 8.50. The van der Waals surface area contributed by atoms with Crippen LogP contribution in [0, 0.1) is 17.5 Å². The molecule has 4 rings (SSSR count). The van der Waals surface area contributed by atoms with E-state index in [1.54, 1.807) is 20.3 Å². The summed E-state index contributed by atoms with van der Waals surface area (Å²) in [6.45, 7) is 0. The maximum absolute atomic E-state index is 14.8. The van der Waals surface area contributed by atoms with E-state index in [2.05, 4.69) is 5.10 Å². The van der Waals surface area contributed by atoms with E-state index in [9.17, 15) is 18.0 Å². The summed E-state index contributed by atoms with van der Waals surface area (Å²) in [6, 6.07) is 5.15. The zero-order chi connectivity index (χ0) is 20.9. The summed E-state index contributed by atoms with van der Waals surface area (Å²) in [7, 11) is 3.19. The van der Waals surface area contributed by atoms with Crippen molar-refractivity contribution >= 4 is 16.6 Å². The number of aromatic nitrogens is 3. The third kappa shape index (κ3) is 3.20. The van der Waals surface area contributed by atoms with Crippen molar-refractivity contribution in [3.63, 3.8) is 0 Å². The molecule has 0 atom stereocenters. The number of ether oxygens (including phenoxy) is 1. The fraction of sp³-hybridized carbons (Fsp3) is 0.100. The molecule has 0 aliphatic rings. The smallest absolute Gasteiger partial charge is 0.261 e. The minimum Gasteiger partial charge on any atom is -0.451 e. The molecule has 4 aromatic rings. The second kappa shape index (κ2) is 6.69. The minimum atomic E-state index is -0.990. The van der Waals surface area contributed by atoms with Crippen LogP contribution < -0.4 is 16.0 Å². The molecule has 0 aliphatic heterocycles. The van der Waals surface area contributed by atoms with Crippen molar-refractivity contribution in [1.82, 2.24) is 14.3 Å². The van der Waals surface area contributed by atoms with E-state index in [0.717, 1.165) is 18.2 Å². The van der Waals surface area contributed by atoms with Crippen LogP contribution in [0.15, 0.2) is 47.5 Å². The Hall–Kier alpha value is -3.75. The van der Waals surface area contributed by atoms with E-state index in [4.69, 9.17) is 10.5 Å². The van der Waals surface area contributed by atoms with Gasteiger partial charge in [0.15, 0.2) is 23.1 Å². The molecule has 2 aromatic heterocycles. The summed E-state index contributed by atoms with van der Waals surface area (Å²) in [5.41, 5.74) is 6.48. The molecule has 9 heteroatoms. The Labute approximate surface area is 162 Å². The Morgan fingerprint density at radius 1 is 1.00 bits per heavy atom. The van der Waals surface area contributed by atoms with E-state index >= 15 is 0 Å². The summed E-state index contributed by atoms with van der Waals surface area (Å²) in [6.07, 6.45) is 3.02. The number of pyridine rings is 1. The summed E-state index contributed by atoms with van der Waals surface area (Å²) >= 11 is 0. The number of nitrogen functional groups attached to an aromatic ring is 1. The SMILES string of the molecule is Cn1cc2c(=O)n(C)cc(-c3cc(N)cc(F)c3Oc3ccc(F)cc3F)c2n1. The summed E-state index contributed by atoms with van der Waals surface area (Å²) < 4.78 is 50.3.